The van der Waals surface area contributed by atoms with Crippen molar-refractivity contribution in [1.82, 2.24) is 9.78 Å². The van der Waals surface area contributed by atoms with Crippen LogP contribution in [0.4, 0.5) is 0 Å². The lowest BCUT2D eigenvalue weighted by atomic mass is 9.96. The molecule has 2 unspecified atom stereocenters. The number of methoxy groups -OCH3 is 1. The first kappa shape index (κ1) is 12.2. The fraction of sp³-hybridized carbons (Fsp3) is 0.692. The van der Waals surface area contributed by atoms with Gasteiger partial charge in [-0.25, -0.2) is 0 Å². The van der Waals surface area contributed by atoms with Crippen LogP contribution in [0.2, 0.25) is 5.02 Å². The topological polar surface area (TPSA) is 44.1 Å². The predicted molar refractivity (Wildman–Crippen MR) is 67.8 cm³/mol. The monoisotopic (exact) mass is 268 g/mol. The van der Waals surface area contributed by atoms with Gasteiger partial charge in [0.1, 0.15) is 5.69 Å². The molecule has 1 aromatic heterocycles. The Labute approximate surface area is 111 Å². The summed E-state index contributed by atoms with van der Waals surface area (Å²) in [5, 5.41) is 4.63. The standard InChI is InChI=1S/C13H17ClN2O2/c1-18-3-2-16-12(11(14)7-15-16)13(17)10-5-8-4-9(8)6-10/h7-10H,2-6H2,1H3. The van der Waals surface area contributed by atoms with Gasteiger partial charge in [0.15, 0.2) is 5.78 Å². The van der Waals surface area contributed by atoms with Crippen molar-refractivity contribution in [3.63, 3.8) is 0 Å². The van der Waals surface area contributed by atoms with Crippen LogP contribution in [0.25, 0.3) is 0 Å². The Morgan fingerprint density at radius 1 is 1.50 bits per heavy atom. The molecule has 0 spiro atoms. The normalized spacial score (nSPS) is 29.3. The molecule has 2 atom stereocenters. The fourth-order valence-corrected chi connectivity index (χ4v) is 3.31. The molecule has 5 heteroatoms. The average Bonchev–Trinajstić information content (AvgIpc) is 2.82. The van der Waals surface area contributed by atoms with Crippen LogP contribution in [0.15, 0.2) is 6.20 Å². The molecule has 1 aromatic rings. The molecule has 1 heterocycles. The largest absolute Gasteiger partial charge is 0.383 e. The lowest BCUT2D eigenvalue weighted by Crippen LogP contribution is -2.20. The van der Waals surface area contributed by atoms with Gasteiger partial charge in [-0.3, -0.25) is 9.48 Å². The first-order valence-corrected chi connectivity index (χ1v) is 6.83. The molecule has 0 radical (unpaired) electrons. The maximum Gasteiger partial charge on any atom is 0.185 e. The summed E-state index contributed by atoms with van der Waals surface area (Å²) in [7, 11) is 1.64. The molecule has 0 N–H and O–H groups in total. The zero-order valence-corrected chi connectivity index (χ0v) is 11.2. The van der Waals surface area contributed by atoms with Crippen LogP contribution in [0.5, 0.6) is 0 Å². The zero-order valence-electron chi connectivity index (χ0n) is 10.4. The van der Waals surface area contributed by atoms with Crippen LogP contribution >= 0.6 is 11.6 Å². The fourth-order valence-electron chi connectivity index (χ4n) is 3.08. The van der Waals surface area contributed by atoms with E-state index in [9.17, 15) is 4.79 Å². The third kappa shape index (κ3) is 2.08. The van der Waals surface area contributed by atoms with Crippen molar-refractivity contribution in [2.45, 2.75) is 25.8 Å². The Morgan fingerprint density at radius 2 is 2.22 bits per heavy atom. The van der Waals surface area contributed by atoms with Gasteiger partial charge >= 0.3 is 0 Å². The van der Waals surface area contributed by atoms with Gasteiger partial charge in [-0.05, 0) is 31.1 Å². The summed E-state index contributed by atoms with van der Waals surface area (Å²) in [5.41, 5.74) is 0.569. The highest BCUT2D eigenvalue weighted by Crippen LogP contribution is 2.55. The molecule has 3 rings (SSSR count). The second-order valence-corrected chi connectivity index (χ2v) is 5.75. The minimum absolute atomic E-state index is 0.157. The second kappa shape index (κ2) is 4.67. The molecule has 2 aliphatic carbocycles. The number of rotatable bonds is 5. The number of hydrogen-bond donors (Lipinski definition) is 0. The van der Waals surface area contributed by atoms with Crippen LogP contribution in [0.3, 0.4) is 0 Å². The molecule has 4 nitrogen and oxygen atoms in total. The minimum Gasteiger partial charge on any atom is -0.383 e. The molecule has 0 aromatic carbocycles. The van der Waals surface area contributed by atoms with Gasteiger partial charge in [0.05, 0.1) is 24.4 Å². The first-order valence-electron chi connectivity index (χ1n) is 6.45. The Kier molecular flexibility index (Phi) is 3.16. The van der Waals surface area contributed by atoms with Crippen LogP contribution < -0.4 is 0 Å². The van der Waals surface area contributed by atoms with Gasteiger partial charge < -0.3 is 4.74 Å². The molecule has 2 aliphatic rings. The summed E-state index contributed by atoms with van der Waals surface area (Å²) < 4.78 is 6.70. The van der Waals surface area contributed by atoms with E-state index in [1.807, 2.05) is 0 Å². The second-order valence-electron chi connectivity index (χ2n) is 5.35. The summed E-state index contributed by atoms with van der Waals surface area (Å²) in [6.45, 7) is 1.11. The molecular formula is C13H17ClN2O2. The molecule has 0 saturated heterocycles. The lowest BCUT2D eigenvalue weighted by molar-refractivity contribution is 0.0900. The predicted octanol–water partition coefficient (Wildman–Crippen LogP) is 2.41. The molecule has 2 saturated carbocycles. The maximum atomic E-state index is 12.5. The number of halogens is 1. The van der Waals surface area contributed by atoms with Gasteiger partial charge in [0, 0.05) is 13.0 Å². The Hall–Kier alpha value is -0.870. The van der Waals surface area contributed by atoms with E-state index in [1.165, 1.54) is 6.42 Å². The van der Waals surface area contributed by atoms with Crippen molar-refractivity contribution in [1.29, 1.82) is 0 Å². The first-order chi connectivity index (χ1) is 8.70. The summed E-state index contributed by atoms with van der Waals surface area (Å²) in [6.07, 6.45) is 4.95. The van der Waals surface area contributed by atoms with E-state index in [0.717, 1.165) is 24.7 Å². The summed E-state index contributed by atoms with van der Waals surface area (Å²) in [5.74, 6) is 1.92. The third-order valence-corrected chi connectivity index (χ3v) is 4.43. The van der Waals surface area contributed by atoms with E-state index in [1.54, 1.807) is 18.0 Å². The van der Waals surface area contributed by atoms with Crippen molar-refractivity contribution in [3.05, 3.63) is 16.9 Å². The average molecular weight is 269 g/mol. The Morgan fingerprint density at radius 3 is 2.89 bits per heavy atom. The smallest absolute Gasteiger partial charge is 0.185 e. The van der Waals surface area contributed by atoms with E-state index in [4.69, 9.17) is 16.3 Å². The van der Waals surface area contributed by atoms with Crippen LogP contribution in [-0.4, -0.2) is 29.3 Å². The highest BCUT2D eigenvalue weighted by atomic mass is 35.5. The molecular weight excluding hydrogens is 252 g/mol. The quantitative estimate of drug-likeness (QED) is 0.771. The summed E-state index contributed by atoms with van der Waals surface area (Å²) in [4.78, 5) is 12.5. The third-order valence-electron chi connectivity index (χ3n) is 4.15. The van der Waals surface area contributed by atoms with Gasteiger partial charge in [-0.15, -0.1) is 0 Å². The van der Waals surface area contributed by atoms with E-state index in [-0.39, 0.29) is 11.7 Å². The maximum absolute atomic E-state index is 12.5. The van der Waals surface area contributed by atoms with Crippen molar-refractivity contribution >= 4 is 17.4 Å². The van der Waals surface area contributed by atoms with Crippen LogP contribution in [-0.2, 0) is 11.3 Å². The molecule has 0 amide bonds. The molecule has 0 aliphatic heterocycles. The van der Waals surface area contributed by atoms with Gasteiger partial charge in [-0.1, -0.05) is 11.6 Å². The molecule has 98 valence electrons. The van der Waals surface area contributed by atoms with E-state index < -0.39 is 0 Å². The number of fused-ring (bicyclic) bond motifs is 1. The highest BCUT2D eigenvalue weighted by Gasteiger charge is 2.48. The van der Waals surface area contributed by atoms with Gasteiger partial charge in [0.25, 0.3) is 0 Å². The number of carbonyl (C=O) groups is 1. The number of Topliss-reactive ketones (excluding diaryl/α,β-unsaturated/α-hetero) is 1. The van der Waals surface area contributed by atoms with Gasteiger partial charge in [-0.2, -0.15) is 5.10 Å². The lowest BCUT2D eigenvalue weighted by Gasteiger charge is -2.12. The summed E-state index contributed by atoms with van der Waals surface area (Å²) >= 11 is 6.10. The number of ketones is 1. The van der Waals surface area contributed by atoms with Crippen LogP contribution in [0, 0.1) is 17.8 Å². The SMILES string of the molecule is COCCn1ncc(Cl)c1C(=O)C1CC2CC2C1. The van der Waals surface area contributed by atoms with Crippen molar-refractivity contribution in [3.8, 4) is 0 Å². The zero-order chi connectivity index (χ0) is 12.7. The number of carbonyl (C=O) groups excluding carboxylic acids is 1. The molecule has 2 fully saturated rings. The van der Waals surface area contributed by atoms with Crippen molar-refractivity contribution < 1.29 is 9.53 Å². The number of nitrogens with zero attached hydrogens (tertiary/aromatic N) is 2. The van der Waals surface area contributed by atoms with Crippen LogP contribution in [0.1, 0.15) is 29.8 Å². The van der Waals surface area contributed by atoms with E-state index in [2.05, 4.69) is 5.10 Å². The van der Waals surface area contributed by atoms with Crippen molar-refractivity contribution in [2.75, 3.05) is 13.7 Å². The Bertz CT molecular complexity index is 462. The van der Waals surface area contributed by atoms with E-state index >= 15 is 0 Å². The van der Waals surface area contributed by atoms with Crippen molar-refractivity contribution in [2.24, 2.45) is 17.8 Å². The summed E-state index contributed by atoms with van der Waals surface area (Å²) in [6, 6.07) is 0. The Balaban J connectivity index is 1.77. The molecule has 0 bridgehead atoms. The number of hydrogen-bond acceptors (Lipinski definition) is 3. The number of aromatic nitrogens is 2. The van der Waals surface area contributed by atoms with Gasteiger partial charge in [0.2, 0.25) is 0 Å². The molecule has 18 heavy (non-hydrogen) atoms. The highest BCUT2D eigenvalue weighted by molar-refractivity contribution is 6.33. The number of ether oxygens (including phenoxy) is 1. The van der Waals surface area contributed by atoms with E-state index in [0.29, 0.717) is 23.9 Å². The minimum atomic E-state index is 0.157.